The lowest BCUT2D eigenvalue weighted by Crippen LogP contribution is -2.46. The zero-order valence-corrected chi connectivity index (χ0v) is 10.4. The second-order valence-corrected chi connectivity index (χ2v) is 5.82. The maximum atomic E-state index is 5.73. The number of nitrogens with two attached hydrogens (primary N) is 1. The normalized spacial score (nSPS) is 30.1. The summed E-state index contributed by atoms with van der Waals surface area (Å²) in [5.74, 6) is 1.60. The van der Waals surface area contributed by atoms with Crippen LogP contribution in [0.3, 0.4) is 0 Å². The van der Waals surface area contributed by atoms with E-state index in [-0.39, 0.29) is 0 Å². The van der Waals surface area contributed by atoms with E-state index in [4.69, 9.17) is 5.73 Å². The van der Waals surface area contributed by atoms with Crippen LogP contribution in [0, 0.1) is 5.92 Å². The fraction of sp³-hybridized carbons (Fsp3) is 0.750. The summed E-state index contributed by atoms with van der Waals surface area (Å²) in [4.78, 5) is 2.57. The quantitative estimate of drug-likeness (QED) is 0.816. The second kappa shape index (κ2) is 4.24. The van der Waals surface area contributed by atoms with Crippen molar-refractivity contribution in [3.8, 4) is 0 Å². The molecule has 3 rings (SSSR count). The van der Waals surface area contributed by atoms with Crippen LogP contribution in [-0.4, -0.2) is 17.0 Å². The Morgan fingerprint density at radius 3 is 2.88 bits per heavy atom. The molecule has 1 aromatic rings. The number of piperidine rings is 1. The highest BCUT2D eigenvalue weighted by molar-refractivity contribution is 7.10. The third kappa shape index (κ3) is 1.79. The van der Waals surface area contributed by atoms with Crippen molar-refractivity contribution in [3.63, 3.8) is 0 Å². The molecule has 3 nitrogen and oxygen atoms in total. The van der Waals surface area contributed by atoms with Crippen LogP contribution in [0.5, 0.6) is 0 Å². The van der Waals surface area contributed by atoms with Gasteiger partial charge in [-0.15, -0.1) is 0 Å². The van der Waals surface area contributed by atoms with Crippen LogP contribution in [0.2, 0.25) is 0 Å². The first-order valence-electron chi connectivity index (χ1n) is 6.33. The van der Waals surface area contributed by atoms with Gasteiger partial charge in [0.1, 0.15) is 10.8 Å². The van der Waals surface area contributed by atoms with Crippen LogP contribution in [0.25, 0.3) is 0 Å². The summed E-state index contributed by atoms with van der Waals surface area (Å²) < 4.78 is 4.21. The lowest BCUT2D eigenvalue weighted by atomic mass is 9.78. The second-order valence-electron chi connectivity index (χ2n) is 5.04. The maximum Gasteiger partial charge on any atom is 0.139 e. The molecule has 2 atom stereocenters. The van der Waals surface area contributed by atoms with E-state index >= 15 is 0 Å². The van der Waals surface area contributed by atoms with Crippen molar-refractivity contribution in [2.45, 2.75) is 44.6 Å². The Bertz CT molecular complexity index is 361. The summed E-state index contributed by atoms with van der Waals surface area (Å²) >= 11 is 1.56. The molecule has 2 heterocycles. The number of hydrogen-bond donors (Lipinski definition) is 1. The van der Waals surface area contributed by atoms with E-state index in [2.05, 4.69) is 9.27 Å². The Balaban J connectivity index is 1.82. The summed E-state index contributed by atoms with van der Waals surface area (Å²) in [6.07, 6.45) is 8.37. The summed E-state index contributed by atoms with van der Waals surface area (Å²) in [6, 6.07) is 2.81. The van der Waals surface area contributed by atoms with Gasteiger partial charge >= 0.3 is 0 Å². The molecule has 4 heteroatoms. The third-order valence-corrected chi connectivity index (χ3v) is 4.88. The van der Waals surface area contributed by atoms with Gasteiger partial charge < -0.3 is 10.6 Å². The molecule has 1 saturated carbocycles. The average Bonchev–Trinajstić information content (AvgIpc) is 2.75. The van der Waals surface area contributed by atoms with Crippen molar-refractivity contribution in [1.82, 2.24) is 4.37 Å². The van der Waals surface area contributed by atoms with E-state index in [1.807, 2.05) is 6.07 Å². The Hall–Kier alpha value is -0.770. The zero-order chi connectivity index (χ0) is 11.0. The van der Waals surface area contributed by atoms with Crippen LogP contribution >= 0.6 is 11.5 Å². The Morgan fingerprint density at radius 1 is 1.25 bits per heavy atom. The van der Waals surface area contributed by atoms with Crippen molar-refractivity contribution >= 4 is 22.4 Å². The monoisotopic (exact) mass is 237 g/mol. The smallest absolute Gasteiger partial charge is 0.139 e. The van der Waals surface area contributed by atoms with Gasteiger partial charge in [0.2, 0.25) is 0 Å². The van der Waals surface area contributed by atoms with Crippen molar-refractivity contribution in [2.75, 3.05) is 17.2 Å². The van der Waals surface area contributed by atoms with Crippen LogP contribution in [0.1, 0.15) is 38.5 Å². The lowest BCUT2D eigenvalue weighted by Gasteiger charge is -2.44. The van der Waals surface area contributed by atoms with Crippen LogP contribution < -0.4 is 10.6 Å². The van der Waals surface area contributed by atoms with Crippen molar-refractivity contribution in [1.29, 1.82) is 0 Å². The Morgan fingerprint density at radius 2 is 2.06 bits per heavy atom. The van der Waals surface area contributed by atoms with Crippen LogP contribution in [-0.2, 0) is 0 Å². The van der Waals surface area contributed by atoms with Crippen molar-refractivity contribution in [3.05, 3.63) is 6.07 Å². The maximum absolute atomic E-state index is 5.73. The number of fused-ring (bicyclic) bond motifs is 1. The van der Waals surface area contributed by atoms with Gasteiger partial charge in [0.25, 0.3) is 0 Å². The summed E-state index contributed by atoms with van der Waals surface area (Å²) in [7, 11) is 0. The molecule has 0 aromatic carbocycles. The largest absolute Gasteiger partial charge is 0.383 e. The van der Waals surface area contributed by atoms with Gasteiger partial charge in [-0.2, -0.15) is 4.37 Å². The van der Waals surface area contributed by atoms with Gasteiger partial charge in [-0.3, -0.25) is 0 Å². The third-order valence-electron chi connectivity index (χ3n) is 4.04. The molecule has 2 fully saturated rings. The Kier molecular flexibility index (Phi) is 2.75. The fourth-order valence-electron chi connectivity index (χ4n) is 3.31. The molecule has 1 aromatic heterocycles. The molecule has 1 saturated heterocycles. The SMILES string of the molecule is Nc1cc(N2CCC[C@H]3CCCC[C@H]32)sn1. The first-order chi connectivity index (χ1) is 7.84. The summed E-state index contributed by atoms with van der Waals surface area (Å²) in [5, 5.41) is 1.29. The number of aromatic nitrogens is 1. The van der Waals surface area contributed by atoms with Crippen molar-refractivity contribution < 1.29 is 0 Å². The van der Waals surface area contributed by atoms with Crippen LogP contribution in [0.4, 0.5) is 10.8 Å². The number of hydrogen-bond acceptors (Lipinski definition) is 4. The van der Waals surface area contributed by atoms with Gasteiger partial charge in [0.15, 0.2) is 0 Å². The van der Waals surface area contributed by atoms with E-state index in [0.717, 1.165) is 12.0 Å². The number of nitrogens with zero attached hydrogens (tertiary/aromatic N) is 2. The van der Waals surface area contributed by atoms with E-state index < -0.39 is 0 Å². The molecule has 0 unspecified atom stereocenters. The molecular weight excluding hydrogens is 218 g/mol. The summed E-state index contributed by atoms with van der Waals surface area (Å²) in [6.45, 7) is 1.20. The highest BCUT2D eigenvalue weighted by Gasteiger charge is 2.33. The first-order valence-corrected chi connectivity index (χ1v) is 7.11. The average molecular weight is 237 g/mol. The highest BCUT2D eigenvalue weighted by atomic mass is 32.1. The molecule has 0 bridgehead atoms. The van der Waals surface area contributed by atoms with Gasteiger partial charge in [-0.05, 0) is 43.1 Å². The molecule has 0 spiro atoms. The van der Waals surface area contributed by atoms with E-state index in [1.54, 1.807) is 11.5 Å². The Labute approximate surface area is 101 Å². The summed E-state index contributed by atoms with van der Waals surface area (Å²) in [5.41, 5.74) is 5.73. The number of nitrogen functional groups attached to an aromatic ring is 1. The van der Waals surface area contributed by atoms with Gasteiger partial charge in [0, 0.05) is 18.7 Å². The predicted octanol–water partition coefficient (Wildman–Crippen LogP) is 2.88. The molecule has 0 amide bonds. The van der Waals surface area contributed by atoms with Crippen LogP contribution in [0.15, 0.2) is 6.07 Å². The van der Waals surface area contributed by atoms with Crippen molar-refractivity contribution in [2.24, 2.45) is 5.92 Å². The van der Waals surface area contributed by atoms with E-state index in [9.17, 15) is 0 Å². The standard InChI is InChI=1S/C12H19N3S/c13-11-8-12(16-14-11)15-7-3-5-9-4-1-2-6-10(9)15/h8-10H,1-7H2,(H2,13,14)/t9-,10-/m1/s1. The number of rotatable bonds is 1. The topological polar surface area (TPSA) is 42.1 Å². The minimum Gasteiger partial charge on any atom is -0.383 e. The molecule has 2 N–H and O–H groups in total. The molecule has 0 radical (unpaired) electrons. The molecule has 2 aliphatic rings. The molecule has 16 heavy (non-hydrogen) atoms. The first kappa shape index (κ1) is 10.4. The zero-order valence-electron chi connectivity index (χ0n) is 9.56. The van der Waals surface area contributed by atoms with Gasteiger partial charge in [0.05, 0.1) is 0 Å². The van der Waals surface area contributed by atoms with E-state index in [1.165, 1.54) is 50.1 Å². The molecule has 1 aliphatic carbocycles. The van der Waals surface area contributed by atoms with Gasteiger partial charge in [-0.25, -0.2) is 0 Å². The molecule has 1 aliphatic heterocycles. The molecular formula is C12H19N3S. The van der Waals surface area contributed by atoms with E-state index in [0.29, 0.717) is 5.82 Å². The minimum atomic E-state index is 0.679. The number of anilines is 2. The molecule has 88 valence electrons. The fourth-order valence-corrected chi connectivity index (χ4v) is 4.07. The predicted molar refractivity (Wildman–Crippen MR) is 68.9 cm³/mol. The minimum absolute atomic E-state index is 0.679. The highest BCUT2D eigenvalue weighted by Crippen LogP contribution is 2.39. The van der Waals surface area contributed by atoms with Gasteiger partial charge in [-0.1, -0.05) is 12.8 Å². The lowest BCUT2D eigenvalue weighted by molar-refractivity contribution is 0.244.